The zero-order valence-electron chi connectivity index (χ0n) is 18.4. The molecule has 4 rings (SSSR count). The Morgan fingerprint density at radius 1 is 0.971 bits per heavy atom. The average molecular weight is 479 g/mol. The minimum atomic E-state index is -3.83. The fourth-order valence-electron chi connectivity index (χ4n) is 3.45. The first-order chi connectivity index (χ1) is 16.4. The van der Waals surface area contributed by atoms with Gasteiger partial charge < -0.3 is 5.32 Å². The zero-order valence-corrected chi connectivity index (χ0v) is 19.2. The van der Waals surface area contributed by atoms with Crippen molar-refractivity contribution in [2.75, 3.05) is 18.4 Å². The molecule has 3 aromatic carbocycles. The van der Waals surface area contributed by atoms with Crippen molar-refractivity contribution in [1.29, 1.82) is 0 Å². The molecule has 0 saturated heterocycles. The number of hydrogen-bond donors (Lipinski definition) is 1. The average Bonchev–Trinajstić information content (AvgIpc) is 3.27. The van der Waals surface area contributed by atoms with Gasteiger partial charge in [0.15, 0.2) is 0 Å². The van der Waals surface area contributed by atoms with Gasteiger partial charge in [0.05, 0.1) is 22.8 Å². The predicted molar refractivity (Wildman–Crippen MR) is 128 cm³/mol. The minimum absolute atomic E-state index is 0.118. The van der Waals surface area contributed by atoms with Gasteiger partial charge in [-0.05, 0) is 36.4 Å². The first-order valence-corrected chi connectivity index (χ1v) is 12.1. The van der Waals surface area contributed by atoms with Gasteiger partial charge in [-0.3, -0.25) is 4.79 Å². The molecule has 0 atom stereocenters. The fraction of sp³-hybridized carbons (Fsp3) is 0.120. The van der Waals surface area contributed by atoms with Crippen LogP contribution in [0, 0.1) is 5.82 Å². The van der Waals surface area contributed by atoms with Crippen LogP contribution in [0.1, 0.15) is 6.92 Å². The Kier molecular flexibility index (Phi) is 6.85. The highest BCUT2D eigenvalue weighted by atomic mass is 32.2. The summed E-state index contributed by atoms with van der Waals surface area (Å²) in [4.78, 5) is 13.0. The summed E-state index contributed by atoms with van der Waals surface area (Å²) in [5.41, 5.74) is 1.98. The summed E-state index contributed by atoms with van der Waals surface area (Å²) in [5.74, 6) is -0.581. The quantitative estimate of drug-likeness (QED) is 0.409. The maximum absolute atomic E-state index is 13.5. The number of rotatable bonds is 8. The van der Waals surface area contributed by atoms with Crippen LogP contribution in [0.25, 0.3) is 16.9 Å². The van der Waals surface area contributed by atoms with Crippen LogP contribution in [0.3, 0.4) is 0 Å². The third-order valence-electron chi connectivity index (χ3n) is 5.17. The van der Waals surface area contributed by atoms with Crippen molar-refractivity contribution in [3.05, 3.63) is 96.8 Å². The number of sulfonamides is 1. The highest BCUT2D eigenvalue weighted by Crippen LogP contribution is 2.25. The predicted octanol–water partition coefficient (Wildman–Crippen LogP) is 4.33. The van der Waals surface area contributed by atoms with Crippen LogP contribution in [0.5, 0.6) is 0 Å². The molecule has 9 heteroatoms. The number of nitrogens with one attached hydrogen (secondary N) is 1. The maximum Gasteiger partial charge on any atom is 0.243 e. The lowest BCUT2D eigenvalue weighted by Gasteiger charge is -2.20. The Balaban J connectivity index is 1.62. The Bertz CT molecular complexity index is 1370. The van der Waals surface area contributed by atoms with Gasteiger partial charge in [0.1, 0.15) is 11.6 Å². The van der Waals surface area contributed by atoms with Crippen molar-refractivity contribution in [3.63, 3.8) is 0 Å². The van der Waals surface area contributed by atoms with E-state index in [0.29, 0.717) is 17.2 Å². The van der Waals surface area contributed by atoms with E-state index in [1.807, 2.05) is 30.3 Å². The Hall–Kier alpha value is -3.82. The summed E-state index contributed by atoms with van der Waals surface area (Å²) in [7, 11) is -3.83. The van der Waals surface area contributed by atoms with E-state index in [2.05, 4.69) is 10.4 Å². The number of amides is 1. The lowest BCUT2D eigenvalue weighted by molar-refractivity contribution is -0.116. The summed E-state index contributed by atoms with van der Waals surface area (Å²) in [5, 5.41) is 7.34. The standard InChI is InChI=1S/C25H23FN4O3S/c1-2-29(34(32,33)22-11-7-4-8-12-22)18-25(31)27-24-17-23(19-9-5-3-6-10-19)28-30(24)21-15-13-20(26)14-16-21/h3-17H,2,18H2,1H3,(H,27,31). The molecule has 4 aromatic rings. The molecular formula is C25H23FN4O3S. The second kappa shape index (κ2) is 9.98. The summed E-state index contributed by atoms with van der Waals surface area (Å²) >= 11 is 0. The van der Waals surface area contributed by atoms with Gasteiger partial charge in [0, 0.05) is 18.2 Å². The van der Waals surface area contributed by atoms with Crippen LogP contribution >= 0.6 is 0 Å². The first-order valence-electron chi connectivity index (χ1n) is 10.6. The van der Waals surface area contributed by atoms with Gasteiger partial charge in [-0.1, -0.05) is 55.5 Å². The molecule has 0 spiro atoms. The van der Waals surface area contributed by atoms with Crippen molar-refractivity contribution >= 4 is 21.7 Å². The lowest BCUT2D eigenvalue weighted by atomic mass is 10.2. The number of likely N-dealkylation sites (N-methyl/N-ethyl adjacent to an activating group) is 1. The number of carbonyl (C=O) groups excluding carboxylic acids is 1. The number of halogens is 1. The molecule has 174 valence electrons. The number of benzene rings is 3. The molecule has 34 heavy (non-hydrogen) atoms. The number of aromatic nitrogens is 2. The van der Waals surface area contributed by atoms with Crippen LogP contribution in [-0.4, -0.2) is 41.5 Å². The van der Waals surface area contributed by atoms with Crippen molar-refractivity contribution in [2.45, 2.75) is 11.8 Å². The number of carbonyl (C=O) groups is 1. The van der Waals surface area contributed by atoms with Gasteiger partial charge in [-0.2, -0.15) is 9.40 Å². The SMILES string of the molecule is CCN(CC(=O)Nc1cc(-c2ccccc2)nn1-c1ccc(F)cc1)S(=O)(=O)c1ccccc1. The molecule has 0 unspecified atom stereocenters. The highest BCUT2D eigenvalue weighted by Gasteiger charge is 2.25. The van der Waals surface area contributed by atoms with Crippen molar-refractivity contribution in [2.24, 2.45) is 0 Å². The summed E-state index contributed by atoms with van der Waals surface area (Å²) in [6.45, 7) is 1.42. The van der Waals surface area contributed by atoms with E-state index < -0.39 is 21.7 Å². The van der Waals surface area contributed by atoms with E-state index in [1.54, 1.807) is 43.3 Å². The molecule has 0 radical (unpaired) electrons. The van der Waals surface area contributed by atoms with Crippen LogP contribution in [0.2, 0.25) is 0 Å². The number of anilines is 1. The van der Waals surface area contributed by atoms with Crippen molar-refractivity contribution in [3.8, 4) is 16.9 Å². The summed E-state index contributed by atoms with van der Waals surface area (Å²) in [6.07, 6.45) is 0. The first kappa shape index (κ1) is 23.3. The third kappa shape index (κ3) is 5.05. The number of nitrogens with zero attached hydrogens (tertiary/aromatic N) is 3. The zero-order chi connectivity index (χ0) is 24.1. The molecule has 1 amide bonds. The molecule has 1 heterocycles. The van der Waals surface area contributed by atoms with Crippen LogP contribution in [0.4, 0.5) is 10.2 Å². The van der Waals surface area contributed by atoms with E-state index in [-0.39, 0.29) is 18.0 Å². The smallest absolute Gasteiger partial charge is 0.243 e. The molecule has 7 nitrogen and oxygen atoms in total. The highest BCUT2D eigenvalue weighted by molar-refractivity contribution is 7.89. The van der Waals surface area contributed by atoms with Gasteiger partial charge in [-0.25, -0.2) is 17.5 Å². The molecule has 1 N–H and O–H groups in total. The lowest BCUT2D eigenvalue weighted by Crippen LogP contribution is -2.38. The normalized spacial score (nSPS) is 11.5. The van der Waals surface area contributed by atoms with E-state index in [9.17, 15) is 17.6 Å². The Morgan fingerprint density at radius 3 is 2.21 bits per heavy atom. The Labute approximate surface area is 197 Å². The van der Waals surface area contributed by atoms with E-state index in [0.717, 1.165) is 9.87 Å². The largest absolute Gasteiger partial charge is 0.309 e. The summed E-state index contributed by atoms with van der Waals surface area (Å²) < 4.78 is 42.0. The van der Waals surface area contributed by atoms with Crippen LogP contribution in [0.15, 0.2) is 95.9 Å². The molecule has 0 aliphatic carbocycles. The molecule has 0 aliphatic rings. The molecular weight excluding hydrogens is 455 g/mol. The van der Waals surface area contributed by atoms with E-state index in [4.69, 9.17) is 0 Å². The van der Waals surface area contributed by atoms with Crippen molar-refractivity contribution in [1.82, 2.24) is 14.1 Å². The van der Waals surface area contributed by atoms with Gasteiger partial charge in [0.25, 0.3) is 0 Å². The van der Waals surface area contributed by atoms with E-state index >= 15 is 0 Å². The molecule has 0 fully saturated rings. The fourth-order valence-corrected chi connectivity index (χ4v) is 4.88. The van der Waals surface area contributed by atoms with Gasteiger partial charge in [0.2, 0.25) is 15.9 Å². The second-order valence-corrected chi connectivity index (χ2v) is 9.40. The van der Waals surface area contributed by atoms with Crippen molar-refractivity contribution < 1.29 is 17.6 Å². The Morgan fingerprint density at radius 2 is 1.59 bits per heavy atom. The van der Waals surface area contributed by atoms with Crippen LogP contribution < -0.4 is 5.32 Å². The molecule has 0 bridgehead atoms. The molecule has 1 aromatic heterocycles. The third-order valence-corrected chi connectivity index (χ3v) is 7.11. The molecule has 0 aliphatic heterocycles. The number of hydrogen-bond acceptors (Lipinski definition) is 4. The molecule has 0 saturated carbocycles. The van der Waals surface area contributed by atoms with Crippen LogP contribution in [-0.2, 0) is 14.8 Å². The second-order valence-electron chi connectivity index (χ2n) is 7.46. The summed E-state index contributed by atoms with van der Waals surface area (Å²) in [6, 6.07) is 24.8. The van der Waals surface area contributed by atoms with Gasteiger partial charge >= 0.3 is 0 Å². The maximum atomic E-state index is 13.5. The topological polar surface area (TPSA) is 84.3 Å². The van der Waals surface area contributed by atoms with E-state index in [1.165, 1.54) is 28.9 Å². The monoisotopic (exact) mass is 478 g/mol. The van der Waals surface area contributed by atoms with Gasteiger partial charge in [-0.15, -0.1) is 0 Å². The minimum Gasteiger partial charge on any atom is -0.309 e.